The van der Waals surface area contributed by atoms with E-state index in [0.29, 0.717) is 22.4 Å². The quantitative estimate of drug-likeness (QED) is 0.577. The number of rotatable bonds is 5. The molecule has 0 bridgehead atoms. The van der Waals surface area contributed by atoms with E-state index in [2.05, 4.69) is 20.9 Å². The number of nitriles is 1. The van der Waals surface area contributed by atoms with Crippen molar-refractivity contribution >= 4 is 29.1 Å². The number of anilines is 1. The number of nitrogens with zero attached hydrogens (tertiary/aromatic N) is 2. The average Bonchev–Trinajstić information content (AvgIpc) is 3.20. The van der Waals surface area contributed by atoms with Crippen LogP contribution < -0.4 is 21.7 Å². The van der Waals surface area contributed by atoms with E-state index in [4.69, 9.17) is 11.0 Å². The summed E-state index contributed by atoms with van der Waals surface area (Å²) < 4.78 is 0. The maximum atomic E-state index is 12.4. The Hall–Kier alpha value is -4.03. The van der Waals surface area contributed by atoms with Gasteiger partial charge in [0, 0.05) is 18.3 Å². The van der Waals surface area contributed by atoms with Crippen LogP contribution in [0.1, 0.15) is 21.5 Å². The highest BCUT2D eigenvalue weighted by molar-refractivity contribution is 6.47. The van der Waals surface area contributed by atoms with Crippen LogP contribution in [0, 0.1) is 11.3 Å². The number of nitrogens with one attached hydrogen (secondary N) is 3. The van der Waals surface area contributed by atoms with Crippen molar-refractivity contribution in [1.82, 2.24) is 10.6 Å². The predicted molar refractivity (Wildman–Crippen MR) is 106 cm³/mol. The van der Waals surface area contributed by atoms with Gasteiger partial charge in [0.1, 0.15) is 5.71 Å². The molecule has 3 amide bonds. The SMILES string of the molecule is CNC(=O)C1=NCNC1(C(N)=O)c1ccc(NC(=O)c2cccc(C#N)c2)cc1. The molecule has 0 saturated heterocycles. The molecule has 0 spiro atoms. The zero-order chi connectivity index (χ0) is 21.0. The molecule has 5 N–H and O–H groups in total. The number of carbonyl (C=O) groups excluding carboxylic acids is 3. The minimum absolute atomic E-state index is 0.0161. The van der Waals surface area contributed by atoms with E-state index in [0.717, 1.165) is 0 Å². The third kappa shape index (κ3) is 3.56. The van der Waals surface area contributed by atoms with Gasteiger partial charge in [-0.1, -0.05) is 18.2 Å². The first-order valence-corrected chi connectivity index (χ1v) is 8.66. The van der Waals surface area contributed by atoms with Gasteiger partial charge in [-0.15, -0.1) is 0 Å². The lowest BCUT2D eigenvalue weighted by atomic mass is 9.84. The van der Waals surface area contributed by atoms with E-state index in [9.17, 15) is 14.4 Å². The van der Waals surface area contributed by atoms with Gasteiger partial charge in [-0.05, 0) is 35.9 Å². The number of aliphatic imine (C=N–C) groups is 1. The zero-order valence-corrected chi connectivity index (χ0v) is 15.5. The van der Waals surface area contributed by atoms with Gasteiger partial charge in [-0.3, -0.25) is 24.7 Å². The van der Waals surface area contributed by atoms with Gasteiger partial charge in [0.25, 0.3) is 11.8 Å². The van der Waals surface area contributed by atoms with Crippen LogP contribution in [0.5, 0.6) is 0 Å². The topological polar surface area (TPSA) is 149 Å². The smallest absolute Gasteiger partial charge is 0.267 e. The van der Waals surface area contributed by atoms with Crippen LogP contribution >= 0.6 is 0 Å². The lowest BCUT2D eigenvalue weighted by Crippen LogP contribution is -2.58. The third-order valence-corrected chi connectivity index (χ3v) is 4.58. The number of carbonyl (C=O) groups is 3. The van der Waals surface area contributed by atoms with Crippen LogP contribution in [0.4, 0.5) is 5.69 Å². The highest BCUT2D eigenvalue weighted by Crippen LogP contribution is 2.28. The van der Waals surface area contributed by atoms with E-state index in [-0.39, 0.29) is 18.3 Å². The molecule has 9 heteroatoms. The van der Waals surface area contributed by atoms with Crippen LogP contribution in [0.25, 0.3) is 0 Å². The minimum Gasteiger partial charge on any atom is -0.367 e. The fourth-order valence-corrected chi connectivity index (χ4v) is 3.12. The van der Waals surface area contributed by atoms with E-state index in [1.54, 1.807) is 42.5 Å². The van der Waals surface area contributed by atoms with Crippen LogP contribution in [-0.2, 0) is 15.1 Å². The van der Waals surface area contributed by atoms with E-state index in [1.807, 2.05) is 6.07 Å². The first-order valence-electron chi connectivity index (χ1n) is 8.66. The lowest BCUT2D eigenvalue weighted by molar-refractivity contribution is -0.123. The van der Waals surface area contributed by atoms with E-state index in [1.165, 1.54) is 13.1 Å². The molecule has 29 heavy (non-hydrogen) atoms. The highest BCUT2D eigenvalue weighted by atomic mass is 16.2. The molecule has 2 aromatic rings. The van der Waals surface area contributed by atoms with Crippen molar-refractivity contribution in [2.24, 2.45) is 10.7 Å². The van der Waals surface area contributed by atoms with Gasteiger partial charge in [-0.25, -0.2) is 0 Å². The second-order valence-corrected chi connectivity index (χ2v) is 6.26. The predicted octanol–water partition coefficient (Wildman–Crippen LogP) is 0.239. The van der Waals surface area contributed by atoms with Crippen LogP contribution in [0.2, 0.25) is 0 Å². The minimum atomic E-state index is -1.55. The zero-order valence-electron chi connectivity index (χ0n) is 15.5. The summed E-state index contributed by atoms with van der Waals surface area (Å²) >= 11 is 0. The fourth-order valence-electron chi connectivity index (χ4n) is 3.12. The van der Waals surface area contributed by atoms with Crippen molar-refractivity contribution in [3.8, 4) is 6.07 Å². The van der Waals surface area contributed by atoms with Crippen LogP contribution in [0.15, 0.2) is 53.5 Å². The number of hydrogen-bond donors (Lipinski definition) is 4. The Bertz CT molecular complexity index is 1050. The van der Waals surface area contributed by atoms with Crippen molar-refractivity contribution in [3.63, 3.8) is 0 Å². The molecule has 1 heterocycles. The van der Waals surface area contributed by atoms with Gasteiger partial charge >= 0.3 is 0 Å². The van der Waals surface area contributed by atoms with Crippen molar-refractivity contribution in [2.75, 3.05) is 19.0 Å². The molecule has 1 aliphatic rings. The van der Waals surface area contributed by atoms with Gasteiger partial charge in [0.05, 0.1) is 18.3 Å². The first-order chi connectivity index (χ1) is 13.9. The summed E-state index contributed by atoms with van der Waals surface area (Å²) in [5.74, 6) is -1.66. The summed E-state index contributed by atoms with van der Waals surface area (Å²) in [7, 11) is 1.44. The van der Waals surface area contributed by atoms with Crippen LogP contribution in [-0.4, -0.2) is 37.1 Å². The molecule has 1 atom stereocenters. The normalized spacial score (nSPS) is 17.7. The van der Waals surface area contributed by atoms with Crippen molar-refractivity contribution in [1.29, 1.82) is 5.26 Å². The lowest BCUT2D eigenvalue weighted by Gasteiger charge is -2.27. The molecular weight excluding hydrogens is 372 g/mol. The molecule has 1 aliphatic heterocycles. The van der Waals surface area contributed by atoms with Crippen molar-refractivity contribution in [3.05, 3.63) is 65.2 Å². The Kier molecular flexibility index (Phi) is 5.38. The second kappa shape index (κ2) is 7.92. The van der Waals surface area contributed by atoms with Gasteiger partial charge in [0.15, 0.2) is 5.54 Å². The van der Waals surface area contributed by atoms with E-state index < -0.39 is 17.4 Å². The molecular formula is C20H18N6O3. The highest BCUT2D eigenvalue weighted by Gasteiger charge is 2.49. The summed E-state index contributed by atoms with van der Waals surface area (Å²) in [6.45, 7) is 0.0689. The molecule has 0 radical (unpaired) electrons. The van der Waals surface area contributed by atoms with Gasteiger partial charge in [-0.2, -0.15) is 5.26 Å². The van der Waals surface area contributed by atoms with Gasteiger partial charge < -0.3 is 16.4 Å². The van der Waals surface area contributed by atoms with Crippen molar-refractivity contribution in [2.45, 2.75) is 5.54 Å². The number of hydrogen-bond acceptors (Lipinski definition) is 6. The Morgan fingerprint density at radius 2 is 1.90 bits per heavy atom. The van der Waals surface area contributed by atoms with Crippen molar-refractivity contribution < 1.29 is 14.4 Å². The summed E-state index contributed by atoms with van der Waals surface area (Å²) in [4.78, 5) is 40.9. The van der Waals surface area contributed by atoms with Crippen LogP contribution in [0.3, 0.4) is 0 Å². The monoisotopic (exact) mass is 390 g/mol. The Balaban J connectivity index is 1.86. The molecule has 3 rings (SSSR count). The second-order valence-electron chi connectivity index (χ2n) is 6.26. The molecule has 0 fully saturated rings. The number of amides is 3. The van der Waals surface area contributed by atoms with Gasteiger partial charge in [0.2, 0.25) is 5.91 Å². The maximum Gasteiger partial charge on any atom is 0.267 e. The first kappa shape index (κ1) is 19.7. The third-order valence-electron chi connectivity index (χ3n) is 4.58. The largest absolute Gasteiger partial charge is 0.367 e. The molecule has 2 aromatic carbocycles. The summed E-state index contributed by atoms with van der Waals surface area (Å²) in [5.41, 5.74) is 5.66. The molecule has 1 unspecified atom stereocenters. The molecule has 0 saturated carbocycles. The molecule has 0 aromatic heterocycles. The molecule has 146 valence electrons. The fraction of sp³-hybridized carbons (Fsp3) is 0.150. The Labute approximate surface area is 166 Å². The Morgan fingerprint density at radius 3 is 2.52 bits per heavy atom. The standard InChI is InChI=1S/C20H18N6O3/c1-23-18(28)16-20(19(22)29,25-11-24-16)14-5-7-15(8-6-14)26-17(27)13-4-2-3-12(9-13)10-21/h2-9,25H,11H2,1H3,(H2,22,29)(H,23,28)(H,26,27). The number of nitrogens with two attached hydrogens (primary N) is 1. The summed E-state index contributed by atoms with van der Waals surface area (Å²) in [5, 5.41) is 17.0. The molecule has 0 aliphatic carbocycles. The summed E-state index contributed by atoms with van der Waals surface area (Å²) in [6.07, 6.45) is 0. The Morgan fingerprint density at radius 1 is 1.17 bits per heavy atom. The molecule has 9 nitrogen and oxygen atoms in total. The summed E-state index contributed by atoms with van der Waals surface area (Å²) in [6, 6.07) is 14.7. The maximum absolute atomic E-state index is 12.4. The van der Waals surface area contributed by atoms with E-state index >= 15 is 0 Å². The number of primary amides is 1. The average molecular weight is 390 g/mol. The number of benzene rings is 2.